The number of hydrogen-bond donors (Lipinski definition) is 1. The molecular weight excluding hydrogens is 292 g/mol. The molecule has 2 aromatic rings. The van der Waals surface area contributed by atoms with Gasteiger partial charge in [-0.3, -0.25) is 14.9 Å². The van der Waals surface area contributed by atoms with Gasteiger partial charge in [-0.25, -0.2) is 0 Å². The van der Waals surface area contributed by atoms with Gasteiger partial charge in [-0.1, -0.05) is 29.0 Å². The maximum atomic E-state index is 11.8. The molecule has 110 valence electrons. The van der Waals surface area contributed by atoms with Crippen LogP contribution in [0.25, 0.3) is 0 Å². The van der Waals surface area contributed by atoms with Crippen LogP contribution < -0.4 is 10.1 Å². The van der Waals surface area contributed by atoms with Crippen molar-refractivity contribution in [3.8, 4) is 5.75 Å². The Kier molecular flexibility index (Phi) is 4.89. The molecule has 0 atom stereocenters. The smallest absolute Gasteiger partial charge is 0.324 e. The van der Waals surface area contributed by atoms with Crippen LogP contribution in [0.4, 0.5) is 5.00 Å². The van der Waals surface area contributed by atoms with Crippen LogP contribution in [0, 0.1) is 17.0 Å². The molecule has 0 saturated carbocycles. The van der Waals surface area contributed by atoms with E-state index < -0.39 is 4.92 Å². The second kappa shape index (κ2) is 6.85. The van der Waals surface area contributed by atoms with Crippen LogP contribution in [-0.4, -0.2) is 24.0 Å². The average Bonchev–Trinajstić information content (AvgIpc) is 2.95. The number of nitrogens with zero attached hydrogens (tertiary/aromatic N) is 1. The molecular formula is C14H14N2O4S. The van der Waals surface area contributed by atoms with E-state index in [-0.39, 0.29) is 10.9 Å². The predicted molar refractivity (Wildman–Crippen MR) is 80.0 cm³/mol. The van der Waals surface area contributed by atoms with Crippen LogP contribution in [0.2, 0.25) is 0 Å². The minimum Gasteiger partial charge on any atom is -0.492 e. The van der Waals surface area contributed by atoms with E-state index in [1.54, 1.807) is 0 Å². The summed E-state index contributed by atoms with van der Waals surface area (Å²) in [5, 5.41) is 13.2. The molecule has 7 heteroatoms. The molecule has 0 fully saturated rings. The molecule has 0 aliphatic heterocycles. The fraction of sp³-hybridized carbons (Fsp3) is 0.214. The Labute approximate surface area is 125 Å². The topological polar surface area (TPSA) is 81.5 Å². The number of carbonyl (C=O) groups excluding carboxylic acids is 1. The zero-order valence-electron chi connectivity index (χ0n) is 11.4. The van der Waals surface area contributed by atoms with E-state index in [0.29, 0.717) is 18.0 Å². The van der Waals surface area contributed by atoms with Gasteiger partial charge in [0.25, 0.3) is 5.91 Å². The predicted octanol–water partition coefficient (Wildman–Crippen LogP) is 2.77. The van der Waals surface area contributed by atoms with Crippen molar-refractivity contribution in [3.63, 3.8) is 0 Å². The number of nitro groups is 1. The largest absolute Gasteiger partial charge is 0.492 e. The van der Waals surface area contributed by atoms with Crippen molar-refractivity contribution in [3.05, 3.63) is 57.0 Å². The van der Waals surface area contributed by atoms with Gasteiger partial charge in [0.2, 0.25) is 0 Å². The third-order valence-electron chi connectivity index (χ3n) is 2.67. The Bertz CT molecular complexity index is 637. The maximum absolute atomic E-state index is 11.8. The number of rotatable bonds is 6. The first kappa shape index (κ1) is 15.0. The second-order valence-corrected chi connectivity index (χ2v) is 5.37. The Morgan fingerprint density at radius 1 is 1.29 bits per heavy atom. The molecule has 6 nitrogen and oxygen atoms in total. The van der Waals surface area contributed by atoms with Crippen LogP contribution >= 0.6 is 11.3 Å². The standard InChI is InChI=1S/C14H14N2O4S/c1-10-2-4-11(5-3-10)20-9-8-15-14(17)12-6-7-13(21-12)16(18)19/h2-7H,8-9H2,1H3,(H,15,17). The van der Waals surface area contributed by atoms with Crippen molar-refractivity contribution in [2.75, 3.05) is 13.2 Å². The van der Waals surface area contributed by atoms with Crippen molar-refractivity contribution < 1.29 is 14.5 Å². The van der Waals surface area contributed by atoms with Crippen LogP contribution in [0.15, 0.2) is 36.4 Å². The van der Waals surface area contributed by atoms with Crippen molar-refractivity contribution >= 4 is 22.2 Å². The molecule has 1 amide bonds. The van der Waals surface area contributed by atoms with Crippen molar-refractivity contribution in [2.45, 2.75) is 6.92 Å². The van der Waals surface area contributed by atoms with Crippen molar-refractivity contribution in [1.29, 1.82) is 0 Å². The summed E-state index contributed by atoms with van der Waals surface area (Å²) in [6.45, 7) is 2.66. The highest BCUT2D eigenvalue weighted by molar-refractivity contribution is 7.17. The summed E-state index contributed by atoms with van der Waals surface area (Å²) in [7, 11) is 0. The van der Waals surface area contributed by atoms with E-state index in [4.69, 9.17) is 4.74 Å². The Morgan fingerprint density at radius 3 is 2.62 bits per heavy atom. The van der Waals surface area contributed by atoms with Gasteiger partial charge in [0.15, 0.2) is 0 Å². The van der Waals surface area contributed by atoms with Gasteiger partial charge in [0.05, 0.1) is 16.3 Å². The number of benzene rings is 1. The fourth-order valence-electron chi connectivity index (χ4n) is 1.60. The Morgan fingerprint density at radius 2 is 2.00 bits per heavy atom. The summed E-state index contributed by atoms with van der Waals surface area (Å²) in [5.74, 6) is 0.405. The van der Waals surface area contributed by atoms with Crippen molar-refractivity contribution in [2.24, 2.45) is 0 Å². The maximum Gasteiger partial charge on any atom is 0.324 e. The molecule has 0 saturated heterocycles. The van der Waals surface area contributed by atoms with Gasteiger partial charge >= 0.3 is 5.00 Å². The van der Waals surface area contributed by atoms with Gasteiger partial charge in [-0.15, -0.1) is 0 Å². The quantitative estimate of drug-likeness (QED) is 0.505. The van der Waals surface area contributed by atoms with Crippen LogP contribution in [0.3, 0.4) is 0 Å². The zero-order valence-corrected chi connectivity index (χ0v) is 12.2. The number of amides is 1. The van der Waals surface area contributed by atoms with E-state index in [9.17, 15) is 14.9 Å². The fourth-order valence-corrected chi connectivity index (χ4v) is 2.34. The number of thiophene rings is 1. The molecule has 1 heterocycles. The minimum absolute atomic E-state index is 0.0453. The van der Waals surface area contributed by atoms with Gasteiger partial charge in [-0.2, -0.15) is 0 Å². The third kappa shape index (κ3) is 4.28. The molecule has 1 aromatic heterocycles. The molecule has 2 rings (SSSR count). The Balaban J connectivity index is 1.76. The molecule has 21 heavy (non-hydrogen) atoms. The summed E-state index contributed by atoms with van der Waals surface area (Å²) in [6.07, 6.45) is 0. The van der Waals surface area contributed by atoms with E-state index in [1.807, 2.05) is 31.2 Å². The second-order valence-electron chi connectivity index (χ2n) is 4.31. The molecule has 1 aromatic carbocycles. The molecule has 0 aliphatic carbocycles. The monoisotopic (exact) mass is 306 g/mol. The zero-order chi connectivity index (χ0) is 15.2. The van der Waals surface area contributed by atoms with Crippen molar-refractivity contribution in [1.82, 2.24) is 5.32 Å². The number of nitrogens with one attached hydrogen (secondary N) is 1. The number of carbonyl (C=O) groups is 1. The number of hydrogen-bond acceptors (Lipinski definition) is 5. The van der Waals surface area contributed by atoms with Crippen LogP contribution in [-0.2, 0) is 0 Å². The summed E-state index contributed by atoms with van der Waals surface area (Å²) in [5.41, 5.74) is 1.15. The van der Waals surface area contributed by atoms with Gasteiger partial charge in [0, 0.05) is 6.07 Å². The van der Waals surface area contributed by atoms with Gasteiger partial charge in [0.1, 0.15) is 12.4 Å². The lowest BCUT2D eigenvalue weighted by Gasteiger charge is -2.07. The lowest BCUT2D eigenvalue weighted by molar-refractivity contribution is -0.380. The molecule has 0 bridgehead atoms. The van der Waals surface area contributed by atoms with E-state index in [2.05, 4.69) is 5.32 Å². The highest BCUT2D eigenvalue weighted by Crippen LogP contribution is 2.23. The minimum atomic E-state index is -0.512. The van der Waals surface area contributed by atoms with Gasteiger partial charge < -0.3 is 10.1 Å². The van der Waals surface area contributed by atoms with E-state index in [0.717, 1.165) is 22.6 Å². The molecule has 0 spiro atoms. The number of aryl methyl sites for hydroxylation is 1. The third-order valence-corrected chi connectivity index (χ3v) is 3.71. The van der Waals surface area contributed by atoms with Crippen LogP contribution in [0.1, 0.15) is 15.2 Å². The summed E-state index contributed by atoms with van der Waals surface area (Å²) < 4.78 is 5.47. The highest BCUT2D eigenvalue weighted by atomic mass is 32.1. The molecule has 0 unspecified atom stereocenters. The first-order valence-electron chi connectivity index (χ1n) is 6.28. The molecule has 0 aliphatic rings. The molecule has 0 radical (unpaired) electrons. The highest BCUT2D eigenvalue weighted by Gasteiger charge is 2.14. The van der Waals surface area contributed by atoms with Gasteiger partial charge in [-0.05, 0) is 25.1 Å². The summed E-state index contributed by atoms with van der Waals surface area (Å²) >= 11 is 0.853. The first-order valence-corrected chi connectivity index (χ1v) is 7.10. The lowest BCUT2D eigenvalue weighted by Crippen LogP contribution is -2.27. The average molecular weight is 306 g/mol. The lowest BCUT2D eigenvalue weighted by atomic mass is 10.2. The van der Waals surface area contributed by atoms with E-state index in [1.165, 1.54) is 12.1 Å². The van der Waals surface area contributed by atoms with E-state index >= 15 is 0 Å². The normalized spacial score (nSPS) is 10.1. The molecule has 1 N–H and O–H groups in total. The first-order chi connectivity index (χ1) is 10.1. The summed E-state index contributed by atoms with van der Waals surface area (Å²) in [6, 6.07) is 10.4. The number of ether oxygens (including phenoxy) is 1. The SMILES string of the molecule is Cc1ccc(OCCNC(=O)c2ccc([N+](=O)[O-])s2)cc1. The van der Waals surface area contributed by atoms with Crippen LogP contribution in [0.5, 0.6) is 5.75 Å². The Hall–Kier alpha value is -2.41. The summed E-state index contributed by atoms with van der Waals surface area (Å²) in [4.78, 5) is 22.1.